The maximum absolute atomic E-state index is 12.8. The molecule has 1 saturated carbocycles. The highest BCUT2D eigenvalue weighted by Crippen LogP contribution is 2.51. The predicted octanol–water partition coefficient (Wildman–Crippen LogP) is 1.62. The molecule has 28 heavy (non-hydrogen) atoms. The maximum atomic E-state index is 12.8. The summed E-state index contributed by atoms with van der Waals surface area (Å²) < 4.78 is 6.71. The first-order valence-corrected chi connectivity index (χ1v) is 9.06. The molecule has 8 nitrogen and oxygen atoms in total. The molecule has 0 spiro atoms. The van der Waals surface area contributed by atoms with Gasteiger partial charge in [0.1, 0.15) is 11.2 Å². The monoisotopic (exact) mass is 385 g/mol. The standard InChI is InChI=1S/C20H23N3O5/c1-4-28-15-12-20(18(26)27,19(15,2)3)21-17(25)14-10-11-16(24)23(22-14)13-8-6-5-7-9-13/h5-11,15H,4,12H2,1-3H3,(H,21,25)(H,26,27). The van der Waals surface area contributed by atoms with E-state index in [1.807, 2.05) is 6.92 Å². The Balaban J connectivity index is 1.91. The highest BCUT2D eigenvalue weighted by Gasteiger charge is 2.66. The first-order valence-electron chi connectivity index (χ1n) is 9.06. The number of amides is 1. The lowest BCUT2D eigenvalue weighted by molar-refractivity contribution is -0.190. The number of rotatable bonds is 6. The van der Waals surface area contributed by atoms with E-state index in [1.54, 1.807) is 44.2 Å². The van der Waals surface area contributed by atoms with E-state index >= 15 is 0 Å². The predicted molar refractivity (Wildman–Crippen MR) is 101 cm³/mol. The van der Waals surface area contributed by atoms with Crippen molar-refractivity contribution < 1.29 is 19.4 Å². The van der Waals surface area contributed by atoms with Gasteiger partial charge in [-0.05, 0) is 25.1 Å². The summed E-state index contributed by atoms with van der Waals surface area (Å²) >= 11 is 0. The minimum atomic E-state index is -1.47. The molecule has 1 fully saturated rings. The van der Waals surface area contributed by atoms with Gasteiger partial charge in [0.05, 0.1) is 11.8 Å². The van der Waals surface area contributed by atoms with Crippen LogP contribution in [0.15, 0.2) is 47.3 Å². The topological polar surface area (TPSA) is 111 Å². The van der Waals surface area contributed by atoms with Crippen molar-refractivity contribution in [3.05, 3.63) is 58.5 Å². The smallest absolute Gasteiger partial charge is 0.330 e. The second-order valence-corrected chi connectivity index (χ2v) is 7.34. The molecule has 1 amide bonds. The van der Waals surface area contributed by atoms with Gasteiger partial charge in [0, 0.05) is 24.5 Å². The normalized spacial score (nSPS) is 22.9. The number of ether oxygens (including phenoxy) is 1. The Hall–Kier alpha value is -3.00. The Morgan fingerprint density at radius 2 is 1.93 bits per heavy atom. The van der Waals surface area contributed by atoms with Crippen molar-refractivity contribution in [2.45, 2.75) is 38.8 Å². The largest absolute Gasteiger partial charge is 0.479 e. The molecule has 3 rings (SSSR count). The molecule has 2 N–H and O–H groups in total. The number of benzene rings is 1. The average Bonchev–Trinajstić information content (AvgIpc) is 2.67. The van der Waals surface area contributed by atoms with Crippen LogP contribution < -0.4 is 10.9 Å². The van der Waals surface area contributed by atoms with Crippen LogP contribution in [0.5, 0.6) is 0 Å². The molecule has 0 saturated heterocycles. The number of para-hydroxylation sites is 1. The molecule has 1 aliphatic carbocycles. The molecular formula is C20H23N3O5. The number of nitrogens with one attached hydrogen (secondary N) is 1. The number of hydrogen-bond acceptors (Lipinski definition) is 5. The van der Waals surface area contributed by atoms with Crippen molar-refractivity contribution in [2.75, 3.05) is 6.61 Å². The zero-order valence-corrected chi connectivity index (χ0v) is 16.0. The summed E-state index contributed by atoms with van der Waals surface area (Å²) in [6.07, 6.45) is -0.118. The molecule has 0 radical (unpaired) electrons. The van der Waals surface area contributed by atoms with Crippen molar-refractivity contribution in [3.8, 4) is 5.69 Å². The van der Waals surface area contributed by atoms with E-state index in [4.69, 9.17) is 4.74 Å². The Labute approximate surface area is 162 Å². The van der Waals surface area contributed by atoms with Gasteiger partial charge < -0.3 is 15.2 Å². The van der Waals surface area contributed by atoms with Gasteiger partial charge in [0.25, 0.3) is 11.5 Å². The summed E-state index contributed by atoms with van der Waals surface area (Å²) in [6.45, 7) is 5.81. The third-order valence-electron chi connectivity index (χ3n) is 5.49. The molecule has 1 heterocycles. The molecule has 2 atom stereocenters. The molecule has 1 aliphatic rings. The van der Waals surface area contributed by atoms with Gasteiger partial charge in [-0.15, -0.1) is 0 Å². The molecule has 1 aromatic carbocycles. The van der Waals surface area contributed by atoms with Crippen LogP contribution in [0, 0.1) is 5.41 Å². The Morgan fingerprint density at radius 3 is 2.50 bits per heavy atom. The van der Waals surface area contributed by atoms with Crippen LogP contribution in [0.25, 0.3) is 5.69 Å². The maximum Gasteiger partial charge on any atom is 0.330 e. The van der Waals surface area contributed by atoms with Gasteiger partial charge in [-0.2, -0.15) is 9.78 Å². The van der Waals surface area contributed by atoms with Gasteiger partial charge in [-0.25, -0.2) is 4.79 Å². The van der Waals surface area contributed by atoms with Crippen LogP contribution >= 0.6 is 0 Å². The number of carboxylic acid groups (broad SMARTS) is 1. The zero-order valence-electron chi connectivity index (χ0n) is 16.0. The molecule has 2 aromatic rings. The Bertz CT molecular complexity index is 954. The zero-order chi connectivity index (χ0) is 20.5. The van der Waals surface area contributed by atoms with E-state index in [0.29, 0.717) is 12.3 Å². The van der Waals surface area contributed by atoms with E-state index < -0.39 is 28.4 Å². The van der Waals surface area contributed by atoms with Crippen LogP contribution in [0.1, 0.15) is 37.7 Å². The fourth-order valence-corrected chi connectivity index (χ4v) is 3.58. The van der Waals surface area contributed by atoms with Crippen molar-refractivity contribution >= 4 is 11.9 Å². The van der Waals surface area contributed by atoms with Gasteiger partial charge in [0.2, 0.25) is 0 Å². The third kappa shape index (κ3) is 3.09. The van der Waals surface area contributed by atoms with Crippen LogP contribution in [-0.2, 0) is 9.53 Å². The highest BCUT2D eigenvalue weighted by molar-refractivity contribution is 5.97. The lowest BCUT2D eigenvalue weighted by Crippen LogP contribution is -2.76. The molecule has 0 aliphatic heterocycles. The number of nitrogens with zero attached hydrogens (tertiary/aromatic N) is 2. The highest BCUT2D eigenvalue weighted by atomic mass is 16.5. The lowest BCUT2D eigenvalue weighted by atomic mass is 9.54. The summed E-state index contributed by atoms with van der Waals surface area (Å²) in [4.78, 5) is 37.0. The van der Waals surface area contributed by atoms with Crippen LogP contribution in [0.3, 0.4) is 0 Å². The second kappa shape index (κ2) is 7.20. The van der Waals surface area contributed by atoms with Gasteiger partial charge in [0.15, 0.2) is 0 Å². The number of hydrogen-bond donors (Lipinski definition) is 2. The quantitative estimate of drug-likeness (QED) is 0.782. The number of carbonyl (C=O) groups is 2. The van der Waals surface area contributed by atoms with E-state index in [0.717, 1.165) is 4.68 Å². The molecule has 8 heteroatoms. The fourth-order valence-electron chi connectivity index (χ4n) is 3.58. The minimum Gasteiger partial charge on any atom is -0.479 e. The van der Waals surface area contributed by atoms with Crippen molar-refractivity contribution in [2.24, 2.45) is 5.41 Å². The van der Waals surface area contributed by atoms with E-state index in [1.165, 1.54) is 12.1 Å². The number of carbonyl (C=O) groups excluding carboxylic acids is 1. The Kier molecular flexibility index (Phi) is 5.08. The minimum absolute atomic E-state index is 0.0419. The SMILES string of the molecule is CCOC1CC(NC(=O)c2ccc(=O)n(-c3ccccc3)n2)(C(=O)O)C1(C)C. The molecule has 1 aromatic heterocycles. The van der Waals surface area contributed by atoms with Crippen molar-refractivity contribution in [1.29, 1.82) is 0 Å². The van der Waals surface area contributed by atoms with E-state index in [2.05, 4.69) is 10.4 Å². The number of aliphatic carboxylic acids is 1. The summed E-state index contributed by atoms with van der Waals surface area (Å²) in [6, 6.07) is 11.2. The van der Waals surface area contributed by atoms with Crippen molar-refractivity contribution in [1.82, 2.24) is 15.1 Å². The summed E-state index contributed by atoms with van der Waals surface area (Å²) in [7, 11) is 0. The first-order chi connectivity index (χ1) is 13.2. The molecule has 148 valence electrons. The molecule has 2 unspecified atom stereocenters. The molecular weight excluding hydrogens is 362 g/mol. The van der Waals surface area contributed by atoms with E-state index in [9.17, 15) is 19.5 Å². The summed E-state index contributed by atoms with van der Waals surface area (Å²) in [5.41, 5.74) is -2.20. The number of carboxylic acids is 1. The fraction of sp³-hybridized carbons (Fsp3) is 0.400. The summed E-state index contributed by atoms with van der Waals surface area (Å²) in [5.74, 6) is -1.78. The lowest BCUT2D eigenvalue weighted by Gasteiger charge is -2.58. The van der Waals surface area contributed by atoms with Gasteiger partial charge >= 0.3 is 5.97 Å². The molecule has 0 bridgehead atoms. The average molecular weight is 385 g/mol. The van der Waals surface area contributed by atoms with Crippen molar-refractivity contribution in [3.63, 3.8) is 0 Å². The first kappa shape index (κ1) is 19.8. The van der Waals surface area contributed by atoms with E-state index in [-0.39, 0.29) is 18.2 Å². The van der Waals surface area contributed by atoms with Gasteiger partial charge in [-0.1, -0.05) is 32.0 Å². The number of aromatic nitrogens is 2. The summed E-state index contributed by atoms with van der Waals surface area (Å²) in [5, 5.41) is 16.6. The second-order valence-electron chi connectivity index (χ2n) is 7.34. The van der Waals surface area contributed by atoms with Crippen LogP contribution in [-0.4, -0.2) is 45.0 Å². The van der Waals surface area contributed by atoms with Crippen LogP contribution in [0.2, 0.25) is 0 Å². The Morgan fingerprint density at radius 1 is 1.25 bits per heavy atom. The van der Waals surface area contributed by atoms with Gasteiger partial charge in [-0.3, -0.25) is 9.59 Å². The third-order valence-corrected chi connectivity index (χ3v) is 5.49. The van der Waals surface area contributed by atoms with Crippen LogP contribution in [0.4, 0.5) is 0 Å².